The van der Waals surface area contributed by atoms with Crippen LogP contribution in [0.3, 0.4) is 0 Å². The Morgan fingerprint density at radius 1 is 1.38 bits per heavy atom. The summed E-state index contributed by atoms with van der Waals surface area (Å²) in [5, 5.41) is 13.4. The van der Waals surface area contributed by atoms with Gasteiger partial charge >= 0.3 is 6.18 Å². The molecule has 6 heteroatoms. The minimum absolute atomic E-state index is 0.142. The predicted octanol–water partition coefficient (Wildman–Crippen LogP) is 2.21. The standard InChI is InChI=1S/C10H13F3N2O/c11-10(12,13)8-3-6-15(14-8)7-9(16)4-1-2-5-9/h3,6,16H,1-2,4-5,7H2. The molecule has 0 unspecified atom stereocenters. The maximum Gasteiger partial charge on any atom is 0.435 e. The average molecular weight is 234 g/mol. The fraction of sp³-hybridized carbons (Fsp3) is 0.700. The molecule has 0 atom stereocenters. The van der Waals surface area contributed by atoms with Crippen molar-refractivity contribution < 1.29 is 18.3 Å². The van der Waals surface area contributed by atoms with Gasteiger partial charge < -0.3 is 5.11 Å². The first-order chi connectivity index (χ1) is 7.39. The maximum absolute atomic E-state index is 12.3. The lowest BCUT2D eigenvalue weighted by molar-refractivity contribution is -0.141. The van der Waals surface area contributed by atoms with E-state index in [0.29, 0.717) is 12.8 Å². The van der Waals surface area contributed by atoms with E-state index >= 15 is 0 Å². The van der Waals surface area contributed by atoms with Crippen LogP contribution in [0, 0.1) is 0 Å². The molecule has 1 aliphatic rings. The van der Waals surface area contributed by atoms with Crippen LogP contribution in [0.5, 0.6) is 0 Å². The summed E-state index contributed by atoms with van der Waals surface area (Å²) in [6.45, 7) is 0.142. The van der Waals surface area contributed by atoms with E-state index in [0.717, 1.165) is 18.9 Å². The van der Waals surface area contributed by atoms with Crippen LogP contribution in [0.15, 0.2) is 12.3 Å². The van der Waals surface area contributed by atoms with Gasteiger partial charge in [0.2, 0.25) is 0 Å². The normalized spacial score (nSPS) is 20.2. The molecule has 0 aliphatic heterocycles. The summed E-state index contributed by atoms with van der Waals surface area (Å²) in [7, 11) is 0. The van der Waals surface area contributed by atoms with Crippen LogP contribution < -0.4 is 0 Å². The van der Waals surface area contributed by atoms with Crippen LogP contribution in [-0.4, -0.2) is 20.5 Å². The second kappa shape index (κ2) is 3.76. The van der Waals surface area contributed by atoms with Gasteiger partial charge in [0.25, 0.3) is 0 Å². The van der Waals surface area contributed by atoms with E-state index in [1.165, 1.54) is 10.9 Å². The Kier molecular flexibility index (Phi) is 2.69. The van der Waals surface area contributed by atoms with Crippen molar-refractivity contribution in [3.63, 3.8) is 0 Å². The number of nitrogens with zero attached hydrogens (tertiary/aromatic N) is 2. The molecule has 3 nitrogen and oxygen atoms in total. The lowest BCUT2D eigenvalue weighted by Gasteiger charge is -2.21. The molecule has 0 spiro atoms. The first-order valence-corrected chi connectivity index (χ1v) is 5.22. The second-order valence-electron chi connectivity index (χ2n) is 4.33. The summed E-state index contributed by atoms with van der Waals surface area (Å²) in [6.07, 6.45) is -0.0428. The highest BCUT2D eigenvalue weighted by Gasteiger charge is 2.35. The maximum atomic E-state index is 12.3. The first kappa shape index (κ1) is 11.4. The van der Waals surface area contributed by atoms with Gasteiger partial charge in [0.1, 0.15) is 0 Å². The number of hydrogen-bond acceptors (Lipinski definition) is 2. The van der Waals surface area contributed by atoms with Crippen molar-refractivity contribution in [2.24, 2.45) is 0 Å². The van der Waals surface area contributed by atoms with Crippen LogP contribution in [0.2, 0.25) is 0 Å². The van der Waals surface area contributed by atoms with E-state index in [1.54, 1.807) is 0 Å². The van der Waals surface area contributed by atoms with Gasteiger partial charge in [0.15, 0.2) is 5.69 Å². The zero-order chi connectivity index (χ0) is 11.8. The van der Waals surface area contributed by atoms with Crippen molar-refractivity contribution in [3.8, 4) is 0 Å². The molecule has 2 rings (SSSR count). The molecule has 0 saturated heterocycles. The molecule has 1 heterocycles. The third kappa shape index (κ3) is 2.37. The molecule has 90 valence electrons. The smallest absolute Gasteiger partial charge is 0.388 e. The SMILES string of the molecule is OC1(Cn2ccc(C(F)(F)F)n2)CCCC1. The fourth-order valence-corrected chi connectivity index (χ4v) is 2.09. The lowest BCUT2D eigenvalue weighted by Crippen LogP contribution is -2.30. The molecular weight excluding hydrogens is 221 g/mol. The zero-order valence-electron chi connectivity index (χ0n) is 8.67. The number of rotatable bonds is 2. The quantitative estimate of drug-likeness (QED) is 0.851. The Balaban J connectivity index is 2.08. The molecule has 1 aromatic heterocycles. The van der Waals surface area contributed by atoms with Crippen molar-refractivity contribution >= 4 is 0 Å². The van der Waals surface area contributed by atoms with Crippen LogP contribution in [0.1, 0.15) is 31.4 Å². The van der Waals surface area contributed by atoms with E-state index < -0.39 is 17.5 Å². The van der Waals surface area contributed by atoms with E-state index in [-0.39, 0.29) is 6.54 Å². The number of aromatic nitrogens is 2. The highest BCUT2D eigenvalue weighted by molar-refractivity contribution is 5.03. The number of alkyl halides is 3. The first-order valence-electron chi connectivity index (χ1n) is 5.22. The zero-order valence-corrected chi connectivity index (χ0v) is 8.67. The Bertz CT molecular complexity index is 366. The van der Waals surface area contributed by atoms with Gasteiger partial charge in [0.05, 0.1) is 12.1 Å². The number of halogens is 3. The van der Waals surface area contributed by atoms with Crippen LogP contribution >= 0.6 is 0 Å². The highest BCUT2D eigenvalue weighted by Crippen LogP contribution is 2.32. The van der Waals surface area contributed by atoms with Crippen LogP contribution in [-0.2, 0) is 12.7 Å². The van der Waals surface area contributed by atoms with E-state index in [4.69, 9.17) is 0 Å². The largest absolute Gasteiger partial charge is 0.435 e. The van der Waals surface area contributed by atoms with Gasteiger partial charge in [-0.25, -0.2) is 0 Å². The lowest BCUT2D eigenvalue weighted by atomic mass is 10.0. The van der Waals surface area contributed by atoms with Gasteiger partial charge in [-0.05, 0) is 18.9 Å². The molecule has 0 amide bonds. The highest BCUT2D eigenvalue weighted by atomic mass is 19.4. The molecule has 1 aromatic rings. The summed E-state index contributed by atoms with van der Waals surface area (Å²) in [4.78, 5) is 0. The average Bonchev–Trinajstić information content (AvgIpc) is 2.74. The van der Waals surface area contributed by atoms with Crippen molar-refractivity contribution in [2.45, 2.75) is 44.0 Å². The molecule has 0 bridgehead atoms. The summed E-state index contributed by atoms with van der Waals surface area (Å²) in [6, 6.07) is 0.929. The number of aliphatic hydroxyl groups is 1. The van der Waals surface area contributed by atoms with Crippen molar-refractivity contribution in [2.75, 3.05) is 0 Å². The molecule has 16 heavy (non-hydrogen) atoms. The minimum Gasteiger partial charge on any atom is -0.388 e. The third-order valence-electron chi connectivity index (χ3n) is 2.92. The molecule has 0 aromatic carbocycles. The van der Waals surface area contributed by atoms with Gasteiger partial charge in [-0.15, -0.1) is 0 Å². The Morgan fingerprint density at radius 2 is 2.00 bits per heavy atom. The van der Waals surface area contributed by atoms with E-state index in [1.807, 2.05) is 0 Å². The van der Waals surface area contributed by atoms with Crippen molar-refractivity contribution in [1.29, 1.82) is 0 Å². The minimum atomic E-state index is -4.41. The molecule has 1 aliphatic carbocycles. The third-order valence-corrected chi connectivity index (χ3v) is 2.92. The predicted molar refractivity (Wildman–Crippen MR) is 50.6 cm³/mol. The van der Waals surface area contributed by atoms with Crippen LogP contribution in [0.25, 0.3) is 0 Å². The van der Waals surface area contributed by atoms with Gasteiger partial charge in [0, 0.05) is 6.20 Å². The van der Waals surface area contributed by atoms with Crippen molar-refractivity contribution in [1.82, 2.24) is 9.78 Å². The van der Waals surface area contributed by atoms with Gasteiger partial charge in [-0.1, -0.05) is 12.8 Å². The van der Waals surface area contributed by atoms with E-state index in [9.17, 15) is 18.3 Å². The topological polar surface area (TPSA) is 38.0 Å². The summed E-state index contributed by atoms with van der Waals surface area (Å²) >= 11 is 0. The molecule has 0 radical (unpaired) electrons. The van der Waals surface area contributed by atoms with Gasteiger partial charge in [-0.2, -0.15) is 18.3 Å². The summed E-state index contributed by atoms with van der Waals surface area (Å²) in [5.74, 6) is 0. The summed E-state index contributed by atoms with van der Waals surface area (Å²) in [5.41, 5.74) is -1.79. The molecule has 1 fully saturated rings. The van der Waals surface area contributed by atoms with Crippen LogP contribution in [0.4, 0.5) is 13.2 Å². The Labute approximate surface area is 90.9 Å². The molecule has 1 saturated carbocycles. The number of hydrogen-bond donors (Lipinski definition) is 1. The van der Waals surface area contributed by atoms with E-state index in [2.05, 4.69) is 5.10 Å². The Hall–Kier alpha value is -1.04. The fourth-order valence-electron chi connectivity index (χ4n) is 2.09. The molecule has 1 N–H and O–H groups in total. The molecular formula is C10H13F3N2O. The monoisotopic (exact) mass is 234 g/mol. The Morgan fingerprint density at radius 3 is 2.50 bits per heavy atom. The van der Waals surface area contributed by atoms with Crippen molar-refractivity contribution in [3.05, 3.63) is 18.0 Å². The van der Waals surface area contributed by atoms with Gasteiger partial charge in [-0.3, -0.25) is 4.68 Å². The summed E-state index contributed by atoms with van der Waals surface area (Å²) < 4.78 is 38.0. The second-order valence-corrected chi connectivity index (χ2v) is 4.33.